The summed E-state index contributed by atoms with van der Waals surface area (Å²) < 4.78 is 0. The molecule has 0 aliphatic heterocycles. The lowest BCUT2D eigenvalue weighted by Gasteiger charge is -2.28. The molecule has 0 aromatic heterocycles. The lowest BCUT2D eigenvalue weighted by Crippen LogP contribution is -2.27. The monoisotopic (exact) mass is 419 g/mol. The molecule has 1 heteroatoms. The SMILES string of the molecule is CCCC(CCC)CC/C=C\c1cc(CN(CC(C)C)c2ccccc2C)ccc1C. The van der Waals surface area contributed by atoms with Gasteiger partial charge in [-0.3, -0.25) is 0 Å². The fourth-order valence-corrected chi connectivity index (χ4v) is 4.59. The number of hydrogen-bond donors (Lipinski definition) is 0. The molecule has 0 atom stereocenters. The van der Waals surface area contributed by atoms with Gasteiger partial charge in [0.1, 0.15) is 0 Å². The topological polar surface area (TPSA) is 3.24 Å². The quantitative estimate of drug-likeness (QED) is 0.313. The van der Waals surface area contributed by atoms with Gasteiger partial charge in [0.25, 0.3) is 0 Å². The van der Waals surface area contributed by atoms with Crippen molar-refractivity contribution in [2.24, 2.45) is 11.8 Å². The minimum Gasteiger partial charge on any atom is -0.367 e. The van der Waals surface area contributed by atoms with Gasteiger partial charge in [-0.05, 0) is 72.9 Å². The van der Waals surface area contributed by atoms with Gasteiger partial charge in [0.2, 0.25) is 0 Å². The Balaban J connectivity index is 2.10. The molecule has 0 heterocycles. The summed E-state index contributed by atoms with van der Waals surface area (Å²) >= 11 is 0. The highest BCUT2D eigenvalue weighted by molar-refractivity contribution is 5.57. The minimum absolute atomic E-state index is 0.628. The predicted molar refractivity (Wildman–Crippen MR) is 140 cm³/mol. The second-order valence-corrected chi connectivity index (χ2v) is 9.67. The molecule has 2 aromatic rings. The van der Waals surface area contributed by atoms with Crippen molar-refractivity contribution in [2.45, 2.75) is 86.6 Å². The highest BCUT2D eigenvalue weighted by Gasteiger charge is 2.12. The lowest BCUT2D eigenvalue weighted by molar-refractivity contribution is 0.414. The summed E-state index contributed by atoms with van der Waals surface area (Å²) in [6.07, 6.45) is 12.6. The first-order valence-electron chi connectivity index (χ1n) is 12.5. The number of aryl methyl sites for hydroxylation is 2. The Labute approximate surface area is 192 Å². The van der Waals surface area contributed by atoms with Crippen LogP contribution in [0.25, 0.3) is 6.08 Å². The number of benzene rings is 2. The Hall–Kier alpha value is -2.02. The molecular weight excluding hydrogens is 374 g/mol. The van der Waals surface area contributed by atoms with Crippen LogP contribution in [0.2, 0.25) is 0 Å². The normalized spacial score (nSPS) is 11.7. The molecule has 170 valence electrons. The minimum atomic E-state index is 0.628. The number of para-hydroxylation sites is 1. The Bertz CT molecular complexity index is 796. The van der Waals surface area contributed by atoms with Crippen LogP contribution in [-0.2, 0) is 6.54 Å². The predicted octanol–water partition coefficient (Wildman–Crippen LogP) is 8.98. The van der Waals surface area contributed by atoms with E-state index in [1.54, 1.807) is 0 Å². The van der Waals surface area contributed by atoms with Crippen LogP contribution in [0.4, 0.5) is 5.69 Å². The van der Waals surface area contributed by atoms with Crippen LogP contribution in [0.15, 0.2) is 48.5 Å². The maximum Gasteiger partial charge on any atom is 0.0429 e. The van der Waals surface area contributed by atoms with Crippen LogP contribution in [-0.4, -0.2) is 6.54 Å². The average molecular weight is 420 g/mol. The third kappa shape index (κ3) is 8.56. The summed E-state index contributed by atoms with van der Waals surface area (Å²) in [5, 5.41) is 0. The molecule has 2 rings (SSSR count). The molecule has 0 aliphatic rings. The Morgan fingerprint density at radius 2 is 1.58 bits per heavy atom. The van der Waals surface area contributed by atoms with Gasteiger partial charge in [0, 0.05) is 18.8 Å². The van der Waals surface area contributed by atoms with Crippen molar-refractivity contribution in [1.29, 1.82) is 0 Å². The number of anilines is 1. The molecule has 0 aliphatic carbocycles. The molecule has 0 saturated carbocycles. The molecule has 0 fully saturated rings. The Morgan fingerprint density at radius 1 is 0.871 bits per heavy atom. The van der Waals surface area contributed by atoms with Gasteiger partial charge >= 0.3 is 0 Å². The summed E-state index contributed by atoms with van der Waals surface area (Å²) in [4.78, 5) is 2.54. The maximum absolute atomic E-state index is 2.54. The average Bonchev–Trinajstić information content (AvgIpc) is 2.73. The second-order valence-electron chi connectivity index (χ2n) is 9.67. The molecule has 0 bridgehead atoms. The molecule has 0 N–H and O–H groups in total. The largest absolute Gasteiger partial charge is 0.367 e. The van der Waals surface area contributed by atoms with E-state index in [0.29, 0.717) is 5.92 Å². The van der Waals surface area contributed by atoms with Crippen molar-refractivity contribution >= 4 is 11.8 Å². The smallest absolute Gasteiger partial charge is 0.0429 e. The molecule has 1 nitrogen and oxygen atoms in total. The van der Waals surface area contributed by atoms with Crippen molar-refractivity contribution in [3.05, 3.63) is 70.8 Å². The van der Waals surface area contributed by atoms with Crippen LogP contribution < -0.4 is 4.90 Å². The molecule has 2 aromatic carbocycles. The molecule has 31 heavy (non-hydrogen) atoms. The summed E-state index contributed by atoms with van der Waals surface area (Å²) in [5.74, 6) is 1.52. The van der Waals surface area contributed by atoms with Crippen molar-refractivity contribution < 1.29 is 0 Å². The van der Waals surface area contributed by atoms with E-state index < -0.39 is 0 Å². The molecular formula is C30H45N. The maximum atomic E-state index is 2.54. The van der Waals surface area contributed by atoms with Crippen LogP contribution in [0.1, 0.15) is 88.5 Å². The molecule has 0 radical (unpaired) electrons. The zero-order chi connectivity index (χ0) is 22.6. The zero-order valence-electron chi connectivity index (χ0n) is 21.0. The standard InChI is InChI=1S/C30H45N/c1-7-13-27(14-8-2)16-10-11-17-29-21-28(20-19-25(29)5)23-31(22-24(3)4)30-18-12-9-15-26(30)6/h9,11-12,15,17-21,24,27H,7-8,10,13-14,16,22-23H2,1-6H3/b17-11-. The Morgan fingerprint density at radius 3 is 2.23 bits per heavy atom. The first kappa shape index (κ1) is 25.2. The van der Waals surface area contributed by atoms with E-state index in [-0.39, 0.29) is 0 Å². The molecule has 0 unspecified atom stereocenters. The van der Waals surface area contributed by atoms with Gasteiger partial charge in [0.05, 0.1) is 0 Å². The summed E-state index contributed by atoms with van der Waals surface area (Å²) in [7, 11) is 0. The molecule has 0 amide bonds. The Kier molecular flexibility index (Phi) is 10.9. The third-order valence-corrected chi connectivity index (χ3v) is 6.19. The van der Waals surface area contributed by atoms with Gasteiger partial charge < -0.3 is 4.90 Å². The molecule has 0 spiro atoms. The van der Waals surface area contributed by atoms with E-state index >= 15 is 0 Å². The van der Waals surface area contributed by atoms with Crippen LogP contribution in [0.5, 0.6) is 0 Å². The number of hydrogen-bond acceptors (Lipinski definition) is 1. The van der Waals surface area contributed by atoms with E-state index in [1.807, 2.05) is 0 Å². The first-order chi connectivity index (χ1) is 14.9. The van der Waals surface area contributed by atoms with Gasteiger partial charge in [-0.1, -0.05) is 95.9 Å². The highest BCUT2D eigenvalue weighted by atomic mass is 15.1. The first-order valence-corrected chi connectivity index (χ1v) is 12.5. The van der Waals surface area contributed by atoms with E-state index in [2.05, 4.69) is 101 Å². The second kappa shape index (κ2) is 13.4. The highest BCUT2D eigenvalue weighted by Crippen LogP contribution is 2.25. The van der Waals surface area contributed by atoms with Crippen molar-refractivity contribution in [3.8, 4) is 0 Å². The fourth-order valence-electron chi connectivity index (χ4n) is 4.59. The van der Waals surface area contributed by atoms with E-state index in [1.165, 1.54) is 66.5 Å². The van der Waals surface area contributed by atoms with Crippen molar-refractivity contribution in [3.63, 3.8) is 0 Å². The summed E-state index contributed by atoms with van der Waals surface area (Å²) in [6, 6.07) is 15.8. The number of nitrogens with zero attached hydrogens (tertiary/aromatic N) is 1. The fraction of sp³-hybridized carbons (Fsp3) is 0.533. The van der Waals surface area contributed by atoms with Gasteiger partial charge in [-0.15, -0.1) is 0 Å². The van der Waals surface area contributed by atoms with E-state index in [0.717, 1.165) is 19.0 Å². The lowest BCUT2D eigenvalue weighted by atomic mass is 9.93. The van der Waals surface area contributed by atoms with Crippen molar-refractivity contribution in [1.82, 2.24) is 0 Å². The van der Waals surface area contributed by atoms with E-state index in [9.17, 15) is 0 Å². The van der Waals surface area contributed by atoms with Crippen LogP contribution in [0.3, 0.4) is 0 Å². The number of allylic oxidation sites excluding steroid dienone is 1. The summed E-state index contributed by atoms with van der Waals surface area (Å²) in [6.45, 7) is 15.7. The van der Waals surface area contributed by atoms with Crippen LogP contribution in [0, 0.1) is 25.7 Å². The van der Waals surface area contributed by atoms with Gasteiger partial charge in [-0.25, -0.2) is 0 Å². The van der Waals surface area contributed by atoms with Crippen molar-refractivity contribution in [2.75, 3.05) is 11.4 Å². The number of rotatable bonds is 13. The van der Waals surface area contributed by atoms with Crippen LogP contribution >= 0.6 is 0 Å². The summed E-state index contributed by atoms with van der Waals surface area (Å²) in [5.41, 5.74) is 6.83. The van der Waals surface area contributed by atoms with Gasteiger partial charge in [0.15, 0.2) is 0 Å². The van der Waals surface area contributed by atoms with Gasteiger partial charge in [-0.2, -0.15) is 0 Å². The molecule has 0 saturated heterocycles. The third-order valence-electron chi connectivity index (χ3n) is 6.19. The zero-order valence-corrected chi connectivity index (χ0v) is 21.0. The van der Waals surface area contributed by atoms with E-state index in [4.69, 9.17) is 0 Å².